The first-order chi connectivity index (χ1) is 11.2. The molecule has 0 aliphatic heterocycles. The van der Waals surface area contributed by atoms with Gasteiger partial charge in [0.2, 0.25) is 6.41 Å². The van der Waals surface area contributed by atoms with Gasteiger partial charge in [0.1, 0.15) is 6.10 Å². The normalized spacial score (nSPS) is 26.8. The van der Waals surface area contributed by atoms with Crippen molar-refractivity contribution in [3.63, 3.8) is 0 Å². The van der Waals surface area contributed by atoms with Crippen LogP contribution in [0.3, 0.4) is 0 Å². The number of carbonyl (C=O) groups is 1. The van der Waals surface area contributed by atoms with E-state index in [1.807, 2.05) is 18.2 Å². The summed E-state index contributed by atoms with van der Waals surface area (Å²) in [4.78, 5) is 10.5. The van der Waals surface area contributed by atoms with Crippen LogP contribution in [0.2, 0.25) is 0 Å². The quantitative estimate of drug-likeness (QED) is 0.720. The van der Waals surface area contributed by atoms with Gasteiger partial charge in [-0.3, -0.25) is 4.79 Å². The van der Waals surface area contributed by atoms with E-state index in [9.17, 15) is 4.79 Å². The summed E-state index contributed by atoms with van der Waals surface area (Å²) in [7, 11) is 1.66. The number of rotatable bonds is 8. The molecule has 2 aliphatic carbocycles. The highest BCUT2D eigenvalue weighted by molar-refractivity contribution is 5.47. The number of fused-ring (bicyclic) bond motifs is 2. The lowest BCUT2D eigenvalue weighted by atomic mass is 9.97. The van der Waals surface area contributed by atoms with E-state index in [0.717, 1.165) is 29.4 Å². The van der Waals surface area contributed by atoms with Crippen LogP contribution in [0.15, 0.2) is 18.2 Å². The lowest BCUT2D eigenvalue weighted by Gasteiger charge is -2.25. The third kappa shape index (κ3) is 3.44. The van der Waals surface area contributed by atoms with Crippen LogP contribution in [0.5, 0.6) is 11.5 Å². The molecule has 126 valence electrons. The molecule has 0 heterocycles. The Bertz CT molecular complexity index is 549. The second-order valence-electron chi connectivity index (χ2n) is 6.70. The van der Waals surface area contributed by atoms with Crippen molar-refractivity contribution in [2.24, 2.45) is 17.6 Å². The van der Waals surface area contributed by atoms with E-state index in [1.54, 1.807) is 7.11 Å². The Balaban J connectivity index is 1.77. The lowest BCUT2D eigenvalue weighted by molar-refractivity contribution is -0.109. The average Bonchev–Trinajstić information content (AvgIpc) is 3.19. The summed E-state index contributed by atoms with van der Waals surface area (Å²) in [5.41, 5.74) is 6.92. The van der Waals surface area contributed by atoms with Crippen molar-refractivity contribution in [3.05, 3.63) is 23.8 Å². The molecule has 4 atom stereocenters. The first-order valence-corrected chi connectivity index (χ1v) is 8.46. The van der Waals surface area contributed by atoms with Gasteiger partial charge < -0.3 is 20.5 Å². The van der Waals surface area contributed by atoms with Crippen LogP contribution in [-0.2, 0) is 4.79 Å². The van der Waals surface area contributed by atoms with Gasteiger partial charge in [0, 0.05) is 19.0 Å². The van der Waals surface area contributed by atoms with E-state index in [4.69, 9.17) is 15.2 Å². The molecule has 0 aromatic heterocycles. The topological polar surface area (TPSA) is 73.6 Å². The summed E-state index contributed by atoms with van der Waals surface area (Å²) in [5, 5.41) is 2.71. The van der Waals surface area contributed by atoms with Gasteiger partial charge >= 0.3 is 0 Å². The molecular formula is C18H26N2O3. The number of hydrogen-bond donors (Lipinski definition) is 2. The van der Waals surface area contributed by atoms with Crippen LogP contribution in [-0.4, -0.2) is 32.7 Å². The Morgan fingerprint density at radius 3 is 2.83 bits per heavy atom. The van der Waals surface area contributed by atoms with Gasteiger partial charge in [-0.15, -0.1) is 0 Å². The van der Waals surface area contributed by atoms with Crippen LogP contribution >= 0.6 is 0 Å². The van der Waals surface area contributed by atoms with Crippen LogP contribution in [0.25, 0.3) is 0 Å². The molecule has 5 nitrogen and oxygen atoms in total. The molecule has 1 aromatic carbocycles. The molecule has 2 fully saturated rings. The van der Waals surface area contributed by atoms with Crippen molar-refractivity contribution in [1.29, 1.82) is 0 Å². The highest BCUT2D eigenvalue weighted by Crippen LogP contribution is 2.47. The number of ether oxygens (including phenoxy) is 2. The highest BCUT2D eigenvalue weighted by Gasteiger charge is 2.41. The van der Waals surface area contributed by atoms with Gasteiger partial charge in [0.25, 0.3) is 0 Å². The zero-order valence-electron chi connectivity index (χ0n) is 13.7. The van der Waals surface area contributed by atoms with E-state index >= 15 is 0 Å². The molecule has 3 rings (SSSR count). The van der Waals surface area contributed by atoms with Crippen molar-refractivity contribution >= 4 is 6.41 Å². The summed E-state index contributed by atoms with van der Waals surface area (Å²) in [5.74, 6) is 3.17. The monoisotopic (exact) mass is 318 g/mol. The second kappa shape index (κ2) is 7.21. The summed E-state index contributed by atoms with van der Waals surface area (Å²) >= 11 is 0. The smallest absolute Gasteiger partial charge is 0.207 e. The second-order valence-corrected chi connectivity index (χ2v) is 6.70. The summed E-state index contributed by atoms with van der Waals surface area (Å²) in [6.07, 6.45) is 6.12. The molecule has 0 radical (unpaired) electrons. The molecule has 2 aliphatic rings. The number of amides is 1. The SMILES string of the molecule is COc1ccc(C(CN)CNC=O)cc1O[C@H]1C[C@@H]2CCC1C2. The summed E-state index contributed by atoms with van der Waals surface area (Å²) < 4.78 is 11.8. The largest absolute Gasteiger partial charge is 0.493 e. The van der Waals surface area contributed by atoms with E-state index in [-0.39, 0.29) is 5.92 Å². The summed E-state index contributed by atoms with van der Waals surface area (Å²) in [6, 6.07) is 5.95. The van der Waals surface area contributed by atoms with Gasteiger partial charge in [0.05, 0.1) is 7.11 Å². The predicted molar refractivity (Wildman–Crippen MR) is 88.7 cm³/mol. The number of methoxy groups -OCH3 is 1. The summed E-state index contributed by atoms with van der Waals surface area (Å²) in [6.45, 7) is 1.00. The molecule has 2 unspecified atom stereocenters. The van der Waals surface area contributed by atoms with Gasteiger partial charge in [-0.05, 0) is 55.2 Å². The van der Waals surface area contributed by atoms with Gasteiger partial charge in [-0.1, -0.05) is 6.07 Å². The van der Waals surface area contributed by atoms with Gasteiger partial charge in [-0.25, -0.2) is 0 Å². The maximum Gasteiger partial charge on any atom is 0.207 e. The Kier molecular flexibility index (Phi) is 5.06. The van der Waals surface area contributed by atoms with E-state index in [1.165, 1.54) is 19.3 Å². The molecule has 23 heavy (non-hydrogen) atoms. The fourth-order valence-electron chi connectivity index (χ4n) is 4.06. The van der Waals surface area contributed by atoms with Crippen molar-refractivity contribution in [3.8, 4) is 11.5 Å². The van der Waals surface area contributed by atoms with Crippen molar-refractivity contribution in [2.75, 3.05) is 20.2 Å². The molecule has 2 saturated carbocycles. The third-order valence-electron chi connectivity index (χ3n) is 5.34. The molecule has 2 bridgehead atoms. The van der Waals surface area contributed by atoms with Crippen molar-refractivity contribution in [2.45, 2.75) is 37.7 Å². The van der Waals surface area contributed by atoms with Crippen molar-refractivity contribution < 1.29 is 14.3 Å². The standard InChI is InChI=1S/C18H26N2O3/c1-22-16-5-4-13(15(9-19)10-20-11-21)8-18(16)23-17-7-12-2-3-14(17)6-12/h4-5,8,11-12,14-15,17H,2-3,6-7,9-10,19H2,1H3,(H,20,21)/t12-,14?,15?,17+/m1/s1. The Labute approximate surface area is 137 Å². The highest BCUT2D eigenvalue weighted by atomic mass is 16.5. The molecule has 0 spiro atoms. The Morgan fingerprint density at radius 2 is 2.22 bits per heavy atom. The Hall–Kier alpha value is -1.75. The van der Waals surface area contributed by atoms with Crippen molar-refractivity contribution in [1.82, 2.24) is 5.32 Å². The number of hydrogen-bond acceptors (Lipinski definition) is 4. The lowest BCUT2D eigenvalue weighted by Crippen LogP contribution is -2.26. The minimum absolute atomic E-state index is 0.0773. The molecular weight excluding hydrogens is 292 g/mol. The number of nitrogens with one attached hydrogen (secondary N) is 1. The zero-order valence-corrected chi connectivity index (χ0v) is 13.7. The fourth-order valence-corrected chi connectivity index (χ4v) is 4.06. The number of benzene rings is 1. The maximum absolute atomic E-state index is 10.5. The minimum Gasteiger partial charge on any atom is -0.493 e. The van der Waals surface area contributed by atoms with E-state index in [2.05, 4.69) is 5.32 Å². The first-order valence-electron chi connectivity index (χ1n) is 8.46. The molecule has 0 saturated heterocycles. The zero-order chi connectivity index (χ0) is 16.2. The molecule has 5 heteroatoms. The molecule has 1 aromatic rings. The van der Waals surface area contributed by atoms with Gasteiger partial charge in [-0.2, -0.15) is 0 Å². The van der Waals surface area contributed by atoms with E-state index in [0.29, 0.717) is 31.5 Å². The van der Waals surface area contributed by atoms with Crippen LogP contribution in [0.4, 0.5) is 0 Å². The van der Waals surface area contributed by atoms with Crippen LogP contribution in [0, 0.1) is 11.8 Å². The minimum atomic E-state index is 0.0773. The third-order valence-corrected chi connectivity index (χ3v) is 5.34. The predicted octanol–water partition coefficient (Wildman–Crippen LogP) is 2.05. The first kappa shape index (κ1) is 16.1. The van der Waals surface area contributed by atoms with Crippen LogP contribution < -0.4 is 20.5 Å². The fraction of sp³-hybridized carbons (Fsp3) is 0.611. The van der Waals surface area contributed by atoms with Crippen LogP contribution in [0.1, 0.15) is 37.2 Å². The molecule has 3 N–H and O–H groups in total. The van der Waals surface area contributed by atoms with E-state index < -0.39 is 0 Å². The Morgan fingerprint density at radius 1 is 1.35 bits per heavy atom. The van der Waals surface area contributed by atoms with Gasteiger partial charge in [0.15, 0.2) is 11.5 Å². The average molecular weight is 318 g/mol. The molecule has 1 amide bonds. The number of carbonyl (C=O) groups excluding carboxylic acids is 1. The number of nitrogens with two attached hydrogens (primary N) is 1. The maximum atomic E-state index is 10.5.